The summed E-state index contributed by atoms with van der Waals surface area (Å²) < 4.78 is 45.5. The molecule has 1 aromatic rings. The minimum absolute atomic E-state index is 0.354. The van der Waals surface area contributed by atoms with Crippen LogP contribution in [0.1, 0.15) is 31.4 Å². The molecule has 3 unspecified atom stereocenters. The molecule has 0 aliphatic carbocycles. The van der Waals surface area contributed by atoms with E-state index in [2.05, 4.69) is 4.72 Å². The standard InChI is InChI=1S/C14H18FNO5S/c1-9-13(6-7-21-9)22(19,20)16-12(8-14(17)18)10-2-4-11(15)5-3-10/h2-5,9,12-13,16H,6-8H2,1H3,(H,17,18). The Morgan fingerprint density at radius 1 is 1.45 bits per heavy atom. The van der Waals surface area contributed by atoms with Crippen LogP contribution in [0.2, 0.25) is 0 Å². The van der Waals surface area contributed by atoms with Gasteiger partial charge in [-0.2, -0.15) is 0 Å². The monoisotopic (exact) mass is 331 g/mol. The summed E-state index contributed by atoms with van der Waals surface area (Å²) in [5.41, 5.74) is 0.402. The molecule has 1 heterocycles. The summed E-state index contributed by atoms with van der Waals surface area (Å²) in [6, 6.07) is 4.13. The Morgan fingerprint density at radius 3 is 2.59 bits per heavy atom. The number of halogens is 1. The number of sulfonamides is 1. The lowest BCUT2D eigenvalue weighted by atomic mass is 10.1. The molecule has 3 atom stereocenters. The van der Waals surface area contributed by atoms with E-state index in [-0.39, 0.29) is 0 Å². The molecule has 122 valence electrons. The van der Waals surface area contributed by atoms with Crippen LogP contribution in [0.5, 0.6) is 0 Å². The fourth-order valence-corrected chi connectivity index (χ4v) is 4.28. The summed E-state index contributed by atoms with van der Waals surface area (Å²) >= 11 is 0. The number of benzene rings is 1. The molecular weight excluding hydrogens is 313 g/mol. The predicted octanol–water partition coefficient (Wildman–Crippen LogP) is 1.44. The van der Waals surface area contributed by atoms with Crippen LogP contribution in [0.15, 0.2) is 24.3 Å². The van der Waals surface area contributed by atoms with Gasteiger partial charge in [-0.1, -0.05) is 12.1 Å². The van der Waals surface area contributed by atoms with Crippen molar-refractivity contribution in [1.82, 2.24) is 4.72 Å². The van der Waals surface area contributed by atoms with Gasteiger partial charge < -0.3 is 9.84 Å². The van der Waals surface area contributed by atoms with E-state index in [0.29, 0.717) is 18.6 Å². The van der Waals surface area contributed by atoms with Crippen LogP contribution in [0.3, 0.4) is 0 Å². The molecule has 1 fully saturated rings. The first-order valence-corrected chi connectivity index (χ1v) is 8.44. The Bertz CT molecular complexity index is 631. The van der Waals surface area contributed by atoms with Crippen LogP contribution in [-0.2, 0) is 19.6 Å². The lowest BCUT2D eigenvalue weighted by Gasteiger charge is -2.22. The highest BCUT2D eigenvalue weighted by molar-refractivity contribution is 7.90. The molecule has 0 bridgehead atoms. The molecule has 0 radical (unpaired) electrons. The van der Waals surface area contributed by atoms with Gasteiger partial charge in [-0.3, -0.25) is 4.79 Å². The third-order valence-electron chi connectivity index (χ3n) is 3.66. The minimum atomic E-state index is -3.74. The molecule has 2 rings (SSSR count). The predicted molar refractivity (Wildman–Crippen MR) is 77.3 cm³/mol. The average molecular weight is 331 g/mol. The lowest BCUT2D eigenvalue weighted by Crippen LogP contribution is -2.40. The van der Waals surface area contributed by atoms with Crippen LogP contribution >= 0.6 is 0 Å². The molecule has 2 N–H and O–H groups in total. The van der Waals surface area contributed by atoms with Crippen LogP contribution in [-0.4, -0.2) is 37.5 Å². The highest BCUT2D eigenvalue weighted by atomic mass is 32.2. The molecule has 1 aromatic carbocycles. The number of carboxylic acids is 1. The van der Waals surface area contributed by atoms with Gasteiger partial charge in [0.2, 0.25) is 10.0 Å². The van der Waals surface area contributed by atoms with E-state index in [9.17, 15) is 17.6 Å². The van der Waals surface area contributed by atoms with Crippen molar-refractivity contribution in [3.8, 4) is 0 Å². The maximum atomic E-state index is 13.0. The molecule has 1 aliphatic heterocycles. The van der Waals surface area contributed by atoms with Crippen molar-refractivity contribution in [2.45, 2.75) is 37.2 Å². The number of carbonyl (C=O) groups is 1. The number of rotatable bonds is 6. The zero-order valence-corrected chi connectivity index (χ0v) is 12.8. The van der Waals surface area contributed by atoms with Gasteiger partial charge in [0.05, 0.1) is 18.6 Å². The van der Waals surface area contributed by atoms with Crippen molar-refractivity contribution in [1.29, 1.82) is 0 Å². The van der Waals surface area contributed by atoms with Crippen LogP contribution < -0.4 is 4.72 Å². The first-order valence-electron chi connectivity index (χ1n) is 6.89. The van der Waals surface area contributed by atoms with Gasteiger partial charge in [0.1, 0.15) is 11.1 Å². The van der Waals surface area contributed by atoms with Gasteiger partial charge in [0, 0.05) is 6.61 Å². The van der Waals surface area contributed by atoms with Crippen molar-refractivity contribution in [2.24, 2.45) is 0 Å². The second-order valence-electron chi connectivity index (χ2n) is 5.27. The molecular formula is C14H18FNO5S. The zero-order chi connectivity index (χ0) is 16.3. The highest BCUT2D eigenvalue weighted by Gasteiger charge is 2.37. The van der Waals surface area contributed by atoms with E-state index in [1.54, 1.807) is 6.92 Å². The fraction of sp³-hybridized carbons (Fsp3) is 0.500. The Morgan fingerprint density at radius 2 is 2.09 bits per heavy atom. The van der Waals surface area contributed by atoms with Crippen molar-refractivity contribution in [2.75, 3.05) is 6.61 Å². The largest absolute Gasteiger partial charge is 0.481 e. The second kappa shape index (κ2) is 6.72. The summed E-state index contributed by atoms with van der Waals surface area (Å²) in [6.45, 7) is 2.02. The molecule has 22 heavy (non-hydrogen) atoms. The molecule has 0 spiro atoms. The number of ether oxygens (including phenoxy) is 1. The maximum absolute atomic E-state index is 13.0. The minimum Gasteiger partial charge on any atom is -0.481 e. The third-order valence-corrected chi connectivity index (χ3v) is 5.69. The Kier molecular flexibility index (Phi) is 5.15. The van der Waals surface area contributed by atoms with E-state index >= 15 is 0 Å². The average Bonchev–Trinajstić information content (AvgIpc) is 2.85. The lowest BCUT2D eigenvalue weighted by molar-refractivity contribution is -0.137. The summed E-state index contributed by atoms with van der Waals surface area (Å²) in [5, 5.41) is 8.26. The summed E-state index contributed by atoms with van der Waals surface area (Å²) in [7, 11) is -3.74. The van der Waals surface area contributed by atoms with Crippen molar-refractivity contribution >= 4 is 16.0 Å². The number of aliphatic carboxylic acids is 1. The zero-order valence-electron chi connectivity index (χ0n) is 12.0. The van der Waals surface area contributed by atoms with E-state index < -0.39 is 45.6 Å². The molecule has 1 saturated heterocycles. The van der Waals surface area contributed by atoms with Crippen LogP contribution in [0.4, 0.5) is 4.39 Å². The van der Waals surface area contributed by atoms with Crippen LogP contribution in [0, 0.1) is 5.82 Å². The van der Waals surface area contributed by atoms with Gasteiger partial charge in [-0.15, -0.1) is 0 Å². The van der Waals surface area contributed by atoms with Gasteiger partial charge >= 0.3 is 5.97 Å². The highest BCUT2D eigenvalue weighted by Crippen LogP contribution is 2.24. The number of hydrogen-bond donors (Lipinski definition) is 2. The number of nitrogens with one attached hydrogen (secondary N) is 1. The van der Waals surface area contributed by atoms with Gasteiger partial charge in [-0.25, -0.2) is 17.5 Å². The van der Waals surface area contributed by atoms with E-state index in [1.165, 1.54) is 24.3 Å². The molecule has 1 aliphatic rings. The summed E-state index contributed by atoms with van der Waals surface area (Å²) in [4.78, 5) is 11.0. The van der Waals surface area contributed by atoms with Crippen molar-refractivity contribution in [3.63, 3.8) is 0 Å². The number of carboxylic acid groups (broad SMARTS) is 1. The normalized spacial score (nSPS) is 23.4. The van der Waals surface area contributed by atoms with Gasteiger partial charge in [0.15, 0.2) is 0 Å². The quantitative estimate of drug-likeness (QED) is 0.823. The smallest absolute Gasteiger partial charge is 0.305 e. The fourth-order valence-electron chi connectivity index (χ4n) is 2.50. The van der Waals surface area contributed by atoms with E-state index in [4.69, 9.17) is 9.84 Å². The third kappa shape index (κ3) is 4.02. The van der Waals surface area contributed by atoms with Crippen molar-refractivity contribution < 1.29 is 27.4 Å². The molecule has 8 heteroatoms. The first kappa shape index (κ1) is 16.9. The molecule has 0 amide bonds. The van der Waals surface area contributed by atoms with Crippen molar-refractivity contribution in [3.05, 3.63) is 35.6 Å². The molecule has 0 aromatic heterocycles. The SMILES string of the molecule is CC1OCCC1S(=O)(=O)NC(CC(=O)O)c1ccc(F)cc1. The molecule has 0 saturated carbocycles. The maximum Gasteiger partial charge on any atom is 0.305 e. The summed E-state index contributed by atoms with van der Waals surface area (Å²) in [6.07, 6.45) is -0.511. The number of hydrogen-bond acceptors (Lipinski definition) is 4. The van der Waals surface area contributed by atoms with Crippen LogP contribution in [0.25, 0.3) is 0 Å². The van der Waals surface area contributed by atoms with E-state index in [0.717, 1.165) is 0 Å². The van der Waals surface area contributed by atoms with Gasteiger partial charge in [0.25, 0.3) is 0 Å². The van der Waals surface area contributed by atoms with Gasteiger partial charge in [-0.05, 0) is 31.0 Å². The molecule has 6 nitrogen and oxygen atoms in total. The Hall–Kier alpha value is -1.51. The Labute approximate surface area is 128 Å². The van der Waals surface area contributed by atoms with E-state index in [1.807, 2.05) is 0 Å². The second-order valence-corrected chi connectivity index (χ2v) is 7.20. The first-order chi connectivity index (χ1) is 10.3. The summed E-state index contributed by atoms with van der Waals surface area (Å²) in [5.74, 6) is -1.62. The topological polar surface area (TPSA) is 92.7 Å². The Balaban J connectivity index is 2.22.